The number of nitrogens with zero attached hydrogens (tertiary/aromatic N) is 4. The van der Waals surface area contributed by atoms with Crippen molar-refractivity contribution in [1.29, 1.82) is 0 Å². The van der Waals surface area contributed by atoms with E-state index in [9.17, 15) is 18.0 Å². The summed E-state index contributed by atoms with van der Waals surface area (Å²) in [6, 6.07) is 6.06. The van der Waals surface area contributed by atoms with Crippen LogP contribution in [0.3, 0.4) is 0 Å². The van der Waals surface area contributed by atoms with E-state index in [2.05, 4.69) is 20.4 Å². The molecule has 0 bridgehead atoms. The van der Waals surface area contributed by atoms with Crippen molar-refractivity contribution in [2.45, 2.75) is 6.42 Å². The summed E-state index contributed by atoms with van der Waals surface area (Å²) in [6.45, 7) is 0. The largest absolute Gasteiger partial charge is 0.412 e. The van der Waals surface area contributed by atoms with Crippen LogP contribution in [0, 0.1) is 17.5 Å². The number of hydrogen-bond donors (Lipinski definition) is 3. The minimum Gasteiger partial charge on any atom is -0.402 e. The maximum absolute atomic E-state index is 14.3. The summed E-state index contributed by atoms with van der Waals surface area (Å²) in [5.74, 6) is -4.24. The monoisotopic (exact) mass is 477 g/mol. The molecular weight excluding hydrogens is 463 g/mol. The Balaban J connectivity index is 1.85. The Kier molecular flexibility index (Phi) is 5.68. The van der Waals surface area contributed by atoms with Gasteiger partial charge in [-0.15, -0.1) is 0 Å². The van der Waals surface area contributed by atoms with E-state index in [1.807, 2.05) is 0 Å². The van der Waals surface area contributed by atoms with Gasteiger partial charge in [0.1, 0.15) is 5.82 Å². The Morgan fingerprint density at radius 1 is 1.15 bits per heavy atom. The first-order chi connectivity index (χ1) is 15.7. The Bertz CT molecular complexity index is 1390. The molecule has 2 aromatic carbocycles. The zero-order valence-corrected chi connectivity index (χ0v) is 17.6. The van der Waals surface area contributed by atoms with E-state index in [4.69, 9.17) is 27.8 Å². The molecule has 0 spiro atoms. The predicted molar refractivity (Wildman–Crippen MR) is 115 cm³/mol. The number of carbonyl (C=O) groups excluding carboxylic acids is 1. The number of carbonyl (C=O) groups is 1. The van der Waals surface area contributed by atoms with Crippen LogP contribution in [0.15, 0.2) is 30.3 Å². The van der Waals surface area contributed by atoms with Crippen LogP contribution in [0.4, 0.5) is 29.6 Å². The van der Waals surface area contributed by atoms with Crippen LogP contribution in [-0.2, 0) is 6.42 Å². The number of hydrogen-bond acceptors (Lipinski definition) is 7. The summed E-state index contributed by atoms with van der Waals surface area (Å²) in [5, 5.41) is 7.42. The van der Waals surface area contributed by atoms with Crippen LogP contribution in [0.5, 0.6) is 5.75 Å². The Morgan fingerprint density at radius 2 is 1.85 bits per heavy atom. The van der Waals surface area contributed by atoms with Crippen molar-refractivity contribution in [2.24, 2.45) is 0 Å². The average Bonchev–Trinajstić information content (AvgIpc) is 3.11. The molecule has 0 radical (unpaired) electrons. The fourth-order valence-electron chi connectivity index (χ4n) is 3.17. The smallest absolute Gasteiger partial charge is 0.402 e. The van der Waals surface area contributed by atoms with Gasteiger partial charge in [0.05, 0.1) is 11.2 Å². The van der Waals surface area contributed by atoms with E-state index >= 15 is 0 Å². The van der Waals surface area contributed by atoms with Gasteiger partial charge in [-0.05, 0) is 29.8 Å². The zero-order chi connectivity index (χ0) is 23.9. The summed E-state index contributed by atoms with van der Waals surface area (Å²) in [5.41, 5.74) is 12.2. The molecule has 0 atom stereocenters. The van der Waals surface area contributed by atoms with E-state index < -0.39 is 23.5 Å². The van der Waals surface area contributed by atoms with Gasteiger partial charge in [-0.3, -0.25) is 0 Å². The lowest BCUT2D eigenvalue weighted by molar-refractivity contribution is 0.203. The number of nitrogens with one attached hydrogen (secondary N) is 1. The molecule has 9 nitrogen and oxygen atoms in total. The standard InChI is InChI=1S/C20H15ClF3N7O2/c1-27-20(32)33-16-17(25)28-19(29-18(16)26)31-14-3-2-9(21)6-11(14)13(30-31)5-8-4-10(22)7-12(23)15(8)24/h2-4,6-7H,5H2,1H3,(H,27,32)(H4,25,26,28,29). The van der Waals surface area contributed by atoms with E-state index in [1.54, 1.807) is 18.2 Å². The Morgan fingerprint density at radius 3 is 2.52 bits per heavy atom. The summed E-state index contributed by atoms with van der Waals surface area (Å²) in [7, 11) is 1.35. The molecular formula is C20H15ClF3N7O2. The summed E-state index contributed by atoms with van der Waals surface area (Å²) in [4.78, 5) is 19.7. The van der Waals surface area contributed by atoms with Crippen LogP contribution in [0.25, 0.3) is 16.9 Å². The first-order valence-corrected chi connectivity index (χ1v) is 9.69. The molecule has 0 saturated heterocycles. The molecule has 4 rings (SSSR count). The number of aromatic nitrogens is 4. The van der Waals surface area contributed by atoms with E-state index in [0.29, 0.717) is 22.0 Å². The van der Waals surface area contributed by atoms with Gasteiger partial charge in [0, 0.05) is 29.9 Å². The van der Waals surface area contributed by atoms with Crippen molar-refractivity contribution < 1.29 is 22.7 Å². The molecule has 13 heteroatoms. The SMILES string of the molecule is CNC(=O)Oc1c(N)nc(-n2nc(Cc3cc(F)cc(F)c3F)c3cc(Cl)ccc32)nc1N. The fourth-order valence-corrected chi connectivity index (χ4v) is 3.34. The lowest BCUT2D eigenvalue weighted by atomic mass is 10.1. The second kappa shape index (κ2) is 8.47. The fraction of sp³-hybridized carbons (Fsp3) is 0.100. The van der Waals surface area contributed by atoms with Crippen molar-refractivity contribution in [3.63, 3.8) is 0 Å². The molecule has 4 aromatic rings. The highest BCUT2D eigenvalue weighted by Crippen LogP contribution is 2.30. The molecule has 0 saturated carbocycles. The van der Waals surface area contributed by atoms with Gasteiger partial charge in [0.15, 0.2) is 23.3 Å². The van der Waals surface area contributed by atoms with Crippen molar-refractivity contribution in [1.82, 2.24) is 25.1 Å². The molecule has 5 N–H and O–H groups in total. The van der Waals surface area contributed by atoms with Crippen molar-refractivity contribution in [3.05, 3.63) is 64.1 Å². The molecule has 2 heterocycles. The highest BCUT2D eigenvalue weighted by Gasteiger charge is 2.21. The van der Waals surface area contributed by atoms with Crippen LogP contribution in [0.2, 0.25) is 5.02 Å². The topological polar surface area (TPSA) is 134 Å². The highest BCUT2D eigenvalue weighted by molar-refractivity contribution is 6.31. The third kappa shape index (κ3) is 4.20. The van der Waals surface area contributed by atoms with Crippen molar-refractivity contribution >= 4 is 40.2 Å². The normalized spacial score (nSPS) is 11.1. The lowest BCUT2D eigenvalue weighted by Gasteiger charge is -2.10. The summed E-state index contributed by atoms with van der Waals surface area (Å²) < 4.78 is 47.8. The first-order valence-electron chi connectivity index (χ1n) is 9.31. The number of amides is 1. The molecule has 0 unspecified atom stereocenters. The van der Waals surface area contributed by atoms with Gasteiger partial charge in [-0.1, -0.05) is 11.6 Å². The lowest BCUT2D eigenvalue weighted by Crippen LogP contribution is -2.24. The molecule has 1 amide bonds. The van der Waals surface area contributed by atoms with Crippen LogP contribution < -0.4 is 21.5 Å². The summed E-state index contributed by atoms with van der Waals surface area (Å²) in [6.07, 6.45) is -1.08. The average molecular weight is 478 g/mol. The minimum atomic E-state index is -1.32. The Labute approximate surface area is 189 Å². The molecule has 0 aliphatic carbocycles. The highest BCUT2D eigenvalue weighted by atomic mass is 35.5. The maximum atomic E-state index is 14.3. The number of fused-ring (bicyclic) bond motifs is 1. The van der Waals surface area contributed by atoms with Gasteiger partial charge in [0.2, 0.25) is 5.75 Å². The first kappa shape index (κ1) is 22.1. The number of nitrogens with two attached hydrogens (primary N) is 2. The van der Waals surface area contributed by atoms with E-state index in [1.165, 1.54) is 11.7 Å². The van der Waals surface area contributed by atoms with Gasteiger partial charge in [-0.2, -0.15) is 19.7 Å². The maximum Gasteiger partial charge on any atom is 0.412 e. The van der Waals surface area contributed by atoms with E-state index in [-0.39, 0.29) is 41.0 Å². The van der Waals surface area contributed by atoms with Gasteiger partial charge < -0.3 is 21.5 Å². The van der Waals surface area contributed by atoms with Crippen LogP contribution >= 0.6 is 11.6 Å². The molecule has 2 aromatic heterocycles. The van der Waals surface area contributed by atoms with Gasteiger partial charge >= 0.3 is 6.09 Å². The third-order valence-corrected chi connectivity index (χ3v) is 4.87. The number of halogens is 4. The van der Waals surface area contributed by atoms with Crippen molar-refractivity contribution in [2.75, 3.05) is 18.5 Å². The Hall–Kier alpha value is -4.06. The number of nitrogen functional groups attached to an aromatic ring is 2. The molecule has 0 fully saturated rings. The van der Waals surface area contributed by atoms with Gasteiger partial charge in [-0.25, -0.2) is 18.0 Å². The minimum absolute atomic E-state index is 0.0845. The summed E-state index contributed by atoms with van der Waals surface area (Å²) >= 11 is 6.11. The number of anilines is 2. The number of rotatable bonds is 4. The molecule has 170 valence electrons. The van der Waals surface area contributed by atoms with E-state index in [0.717, 1.165) is 6.07 Å². The number of benzene rings is 2. The van der Waals surface area contributed by atoms with Crippen molar-refractivity contribution in [3.8, 4) is 11.7 Å². The zero-order valence-electron chi connectivity index (χ0n) is 16.9. The quantitative estimate of drug-likeness (QED) is 0.384. The molecule has 0 aliphatic heterocycles. The van der Waals surface area contributed by atoms with Crippen LogP contribution in [-0.4, -0.2) is 32.9 Å². The van der Waals surface area contributed by atoms with Crippen LogP contribution in [0.1, 0.15) is 11.3 Å². The third-order valence-electron chi connectivity index (χ3n) is 4.64. The predicted octanol–water partition coefficient (Wildman–Crippen LogP) is 3.36. The second-order valence-corrected chi connectivity index (χ2v) is 7.26. The van der Waals surface area contributed by atoms with Gasteiger partial charge in [0.25, 0.3) is 5.95 Å². The number of ether oxygens (including phenoxy) is 1. The molecule has 33 heavy (non-hydrogen) atoms. The molecule has 0 aliphatic rings. The second-order valence-electron chi connectivity index (χ2n) is 6.82.